The minimum Gasteiger partial charge on any atom is -0.444 e. The first-order valence-electron chi connectivity index (χ1n) is 6.05. The standard InChI is InChI=1S/C12H20F3NO2/c1-8(12(13,14)15)9-5-6-16(7-9)10(17)18-11(2,3)4/h8-9H,5-7H2,1-4H3. The Labute approximate surface area is 105 Å². The second-order valence-corrected chi connectivity index (χ2v) is 5.81. The second-order valence-electron chi connectivity index (χ2n) is 5.81. The third kappa shape index (κ3) is 4.07. The average molecular weight is 267 g/mol. The van der Waals surface area contributed by atoms with Gasteiger partial charge < -0.3 is 9.64 Å². The van der Waals surface area contributed by atoms with Crippen molar-refractivity contribution in [2.75, 3.05) is 13.1 Å². The van der Waals surface area contributed by atoms with Crippen LogP contribution in [0.5, 0.6) is 0 Å². The molecule has 0 bridgehead atoms. The van der Waals surface area contributed by atoms with Crippen LogP contribution in [0.25, 0.3) is 0 Å². The molecule has 2 unspecified atom stereocenters. The lowest BCUT2D eigenvalue weighted by Crippen LogP contribution is -2.36. The molecule has 1 aliphatic heterocycles. The largest absolute Gasteiger partial charge is 0.444 e. The van der Waals surface area contributed by atoms with Gasteiger partial charge in [-0.2, -0.15) is 13.2 Å². The van der Waals surface area contributed by atoms with Crippen LogP contribution in [0.1, 0.15) is 34.1 Å². The maximum absolute atomic E-state index is 12.6. The van der Waals surface area contributed by atoms with E-state index in [1.165, 1.54) is 11.8 Å². The van der Waals surface area contributed by atoms with Crippen molar-refractivity contribution in [1.29, 1.82) is 0 Å². The number of alkyl halides is 3. The lowest BCUT2D eigenvalue weighted by atomic mass is 9.93. The number of rotatable bonds is 1. The maximum Gasteiger partial charge on any atom is 0.410 e. The molecule has 1 saturated heterocycles. The molecule has 0 aromatic rings. The first kappa shape index (κ1) is 15.1. The fraction of sp³-hybridized carbons (Fsp3) is 0.917. The highest BCUT2D eigenvalue weighted by atomic mass is 19.4. The Morgan fingerprint density at radius 1 is 1.33 bits per heavy atom. The van der Waals surface area contributed by atoms with Crippen molar-refractivity contribution in [3.63, 3.8) is 0 Å². The van der Waals surface area contributed by atoms with Crippen LogP contribution < -0.4 is 0 Å². The number of carbonyl (C=O) groups is 1. The molecule has 106 valence electrons. The fourth-order valence-corrected chi connectivity index (χ4v) is 1.95. The number of halogens is 3. The SMILES string of the molecule is CC(C1CCN(C(=O)OC(C)(C)C)C1)C(F)(F)F. The summed E-state index contributed by atoms with van der Waals surface area (Å²) >= 11 is 0. The summed E-state index contributed by atoms with van der Waals surface area (Å²) < 4.78 is 42.8. The van der Waals surface area contributed by atoms with Gasteiger partial charge in [-0.05, 0) is 33.1 Å². The van der Waals surface area contributed by atoms with Crippen molar-refractivity contribution in [3.8, 4) is 0 Å². The lowest BCUT2D eigenvalue weighted by Gasteiger charge is -2.25. The zero-order valence-corrected chi connectivity index (χ0v) is 11.2. The predicted molar refractivity (Wildman–Crippen MR) is 61.1 cm³/mol. The maximum atomic E-state index is 12.6. The summed E-state index contributed by atoms with van der Waals surface area (Å²) in [7, 11) is 0. The van der Waals surface area contributed by atoms with E-state index in [1.807, 2.05) is 0 Å². The third-order valence-corrected chi connectivity index (χ3v) is 3.10. The zero-order valence-electron chi connectivity index (χ0n) is 11.2. The second kappa shape index (κ2) is 4.97. The summed E-state index contributed by atoms with van der Waals surface area (Å²) in [6.45, 7) is 6.82. The summed E-state index contributed by atoms with van der Waals surface area (Å²) in [5.74, 6) is -1.91. The van der Waals surface area contributed by atoms with Gasteiger partial charge in [-0.25, -0.2) is 4.79 Å². The van der Waals surface area contributed by atoms with Crippen LogP contribution in [-0.2, 0) is 4.74 Å². The van der Waals surface area contributed by atoms with Crippen LogP contribution in [0.2, 0.25) is 0 Å². The Hall–Kier alpha value is -0.940. The molecule has 1 heterocycles. The van der Waals surface area contributed by atoms with Crippen LogP contribution in [0, 0.1) is 11.8 Å². The molecule has 1 rings (SSSR count). The zero-order chi connectivity index (χ0) is 14.1. The molecule has 3 nitrogen and oxygen atoms in total. The molecular formula is C12H20F3NO2. The van der Waals surface area contributed by atoms with E-state index in [1.54, 1.807) is 20.8 Å². The van der Waals surface area contributed by atoms with Gasteiger partial charge in [0, 0.05) is 13.1 Å². The number of hydrogen-bond acceptors (Lipinski definition) is 2. The van der Waals surface area contributed by atoms with E-state index in [4.69, 9.17) is 4.74 Å². The van der Waals surface area contributed by atoms with E-state index in [2.05, 4.69) is 0 Å². The molecule has 0 radical (unpaired) electrons. The molecule has 0 aliphatic carbocycles. The highest BCUT2D eigenvalue weighted by Gasteiger charge is 2.44. The smallest absolute Gasteiger partial charge is 0.410 e. The quantitative estimate of drug-likeness (QED) is 0.728. The number of nitrogens with zero attached hydrogens (tertiary/aromatic N) is 1. The van der Waals surface area contributed by atoms with Crippen LogP contribution in [0.15, 0.2) is 0 Å². The topological polar surface area (TPSA) is 29.5 Å². The van der Waals surface area contributed by atoms with Gasteiger partial charge in [0.05, 0.1) is 5.92 Å². The normalized spacial score (nSPS) is 23.1. The number of likely N-dealkylation sites (tertiary alicyclic amines) is 1. The highest BCUT2D eigenvalue weighted by molar-refractivity contribution is 5.68. The number of ether oxygens (including phenoxy) is 1. The number of amides is 1. The van der Waals surface area contributed by atoms with E-state index in [0.29, 0.717) is 13.0 Å². The summed E-state index contributed by atoms with van der Waals surface area (Å²) in [5.41, 5.74) is -0.620. The molecular weight excluding hydrogens is 247 g/mol. The minimum atomic E-state index is -4.20. The van der Waals surface area contributed by atoms with Gasteiger partial charge in [-0.3, -0.25) is 0 Å². The first-order valence-corrected chi connectivity index (χ1v) is 6.05. The molecule has 1 fully saturated rings. The molecule has 0 N–H and O–H groups in total. The van der Waals surface area contributed by atoms with Gasteiger partial charge in [-0.15, -0.1) is 0 Å². The third-order valence-electron chi connectivity index (χ3n) is 3.10. The van der Waals surface area contributed by atoms with Crippen molar-refractivity contribution in [2.45, 2.75) is 45.9 Å². The molecule has 6 heteroatoms. The van der Waals surface area contributed by atoms with Crippen LogP contribution in [0.4, 0.5) is 18.0 Å². The predicted octanol–water partition coefficient (Wildman–Crippen LogP) is 3.44. The van der Waals surface area contributed by atoms with E-state index in [-0.39, 0.29) is 6.54 Å². The van der Waals surface area contributed by atoms with Crippen molar-refractivity contribution in [1.82, 2.24) is 4.90 Å². The minimum absolute atomic E-state index is 0.121. The molecule has 0 aromatic carbocycles. The van der Waals surface area contributed by atoms with Crippen molar-refractivity contribution in [2.24, 2.45) is 11.8 Å². The Balaban J connectivity index is 2.54. The van der Waals surface area contributed by atoms with Gasteiger partial charge in [0.2, 0.25) is 0 Å². The lowest BCUT2D eigenvalue weighted by molar-refractivity contribution is -0.182. The summed E-state index contributed by atoms with van der Waals surface area (Å²) in [6, 6.07) is 0. The molecule has 2 atom stereocenters. The molecule has 1 amide bonds. The van der Waals surface area contributed by atoms with Crippen molar-refractivity contribution in [3.05, 3.63) is 0 Å². The Morgan fingerprint density at radius 3 is 2.33 bits per heavy atom. The number of carbonyl (C=O) groups excluding carboxylic acids is 1. The van der Waals surface area contributed by atoms with Gasteiger partial charge in [-0.1, -0.05) is 6.92 Å². The Kier molecular flexibility index (Phi) is 4.18. The van der Waals surface area contributed by atoms with E-state index in [0.717, 1.165) is 0 Å². The molecule has 0 saturated carbocycles. The van der Waals surface area contributed by atoms with Gasteiger partial charge in [0.1, 0.15) is 5.60 Å². The van der Waals surface area contributed by atoms with Crippen molar-refractivity contribution < 1.29 is 22.7 Å². The van der Waals surface area contributed by atoms with Crippen LogP contribution in [-0.4, -0.2) is 35.9 Å². The van der Waals surface area contributed by atoms with E-state index in [9.17, 15) is 18.0 Å². The monoisotopic (exact) mass is 267 g/mol. The van der Waals surface area contributed by atoms with Gasteiger partial charge >= 0.3 is 12.3 Å². The summed E-state index contributed by atoms with van der Waals surface area (Å²) in [4.78, 5) is 13.1. The molecule has 18 heavy (non-hydrogen) atoms. The first-order chi connectivity index (χ1) is 8.00. The van der Waals surface area contributed by atoms with Crippen molar-refractivity contribution >= 4 is 6.09 Å². The van der Waals surface area contributed by atoms with Crippen LogP contribution in [0.3, 0.4) is 0 Å². The summed E-state index contributed by atoms with van der Waals surface area (Å²) in [6.07, 6.45) is -4.35. The Bertz CT molecular complexity index is 309. The number of hydrogen-bond donors (Lipinski definition) is 0. The molecule has 1 aliphatic rings. The van der Waals surface area contributed by atoms with E-state index >= 15 is 0 Å². The van der Waals surface area contributed by atoms with Gasteiger partial charge in [0.15, 0.2) is 0 Å². The summed E-state index contributed by atoms with van der Waals surface area (Å²) in [5, 5.41) is 0. The fourth-order valence-electron chi connectivity index (χ4n) is 1.95. The highest BCUT2D eigenvalue weighted by Crippen LogP contribution is 2.36. The molecule has 0 spiro atoms. The van der Waals surface area contributed by atoms with Gasteiger partial charge in [0.25, 0.3) is 0 Å². The average Bonchev–Trinajstić information content (AvgIpc) is 2.60. The van der Waals surface area contributed by atoms with Crippen LogP contribution >= 0.6 is 0 Å². The Morgan fingerprint density at radius 2 is 1.89 bits per heavy atom. The molecule has 0 aromatic heterocycles. The van der Waals surface area contributed by atoms with E-state index < -0.39 is 29.7 Å².